The van der Waals surface area contributed by atoms with Crippen LogP contribution in [0.3, 0.4) is 0 Å². The van der Waals surface area contributed by atoms with Crippen LogP contribution >= 0.6 is 0 Å². The Kier molecular flexibility index (Phi) is 5.05. The quantitative estimate of drug-likeness (QED) is 0.935. The average molecular weight is 329 g/mol. The zero-order valence-electron chi connectivity index (χ0n) is 13.3. The van der Waals surface area contributed by atoms with E-state index in [0.717, 1.165) is 11.3 Å². The Labute approximate surface area is 140 Å². The summed E-state index contributed by atoms with van der Waals surface area (Å²) in [5.41, 5.74) is 7.40. The zero-order chi connectivity index (χ0) is 16.9. The fraction of sp³-hybridized carbons (Fsp3) is 0.333. The van der Waals surface area contributed by atoms with Crippen LogP contribution in [-0.4, -0.2) is 35.5 Å². The van der Waals surface area contributed by atoms with Crippen molar-refractivity contribution < 1.29 is 13.9 Å². The summed E-state index contributed by atoms with van der Waals surface area (Å²) in [5.74, 6) is 0.239. The minimum atomic E-state index is -0.268. The molecule has 1 aliphatic rings. The van der Waals surface area contributed by atoms with Gasteiger partial charge in [0.05, 0.1) is 18.8 Å². The van der Waals surface area contributed by atoms with Gasteiger partial charge in [-0.05, 0) is 36.2 Å². The highest BCUT2D eigenvalue weighted by Crippen LogP contribution is 2.22. The molecule has 2 N–H and O–H groups in total. The number of halogens is 1. The van der Waals surface area contributed by atoms with Crippen molar-refractivity contribution in [2.24, 2.45) is 0 Å². The fourth-order valence-corrected chi connectivity index (χ4v) is 2.76. The first-order valence-electron chi connectivity index (χ1n) is 7.98. The number of morpholine rings is 1. The van der Waals surface area contributed by atoms with Crippen molar-refractivity contribution in [2.45, 2.75) is 18.9 Å². The van der Waals surface area contributed by atoms with Gasteiger partial charge in [0.2, 0.25) is 5.91 Å². The van der Waals surface area contributed by atoms with E-state index in [4.69, 9.17) is 10.5 Å². The SMILES string of the molecule is Nc1cccc([C@H]2CN(C(=O)CCc3ccc(F)cc3)CCO2)n1. The molecule has 1 fully saturated rings. The molecule has 2 aromatic rings. The van der Waals surface area contributed by atoms with Crippen LogP contribution in [0.25, 0.3) is 0 Å². The Balaban J connectivity index is 1.57. The van der Waals surface area contributed by atoms with E-state index in [9.17, 15) is 9.18 Å². The van der Waals surface area contributed by atoms with Crippen LogP contribution in [-0.2, 0) is 16.0 Å². The number of nitrogens with two attached hydrogens (primary N) is 1. The number of carbonyl (C=O) groups is 1. The number of nitrogen functional groups attached to an aromatic ring is 1. The van der Waals surface area contributed by atoms with E-state index in [2.05, 4.69) is 4.98 Å². The van der Waals surface area contributed by atoms with Gasteiger partial charge in [0, 0.05) is 13.0 Å². The molecular weight excluding hydrogens is 309 g/mol. The Bertz CT molecular complexity index is 706. The van der Waals surface area contributed by atoms with Gasteiger partial charge < -0.3 is 15.4 Å². The van der Waals surface area contributed by atoms with Crippen molar-refractivity contribution in [3.8, 4) is 0 Å². The van der Waals surface area contributed by atoms with Crippen LogP contribution in [0.4, 0.5) is 10.2 Å². The normalized spacial score (nSPS) is 17.7. The molecule has 1 aliphatic heterocycles. The second kappa shape index (κ2) is 7.40. The van der Waals surface area contributed by atoms with Gasteiger partial charge in [-0.25, -0.2) is 9.37 Å². The van der Waals surface area contributed by atoms with Crippen LogP contribution in [0.2, 0.25) is 0 Å². The minimum absolute atomic E-state index is 0.0662. The van der Waals surface area contributed by atoms with Crippen molar-refractivity contribution in [3.63, 3.8) is 0 Å². The molecule has 0 aliphatic carbocycles. The molecule has 1 aromatic carbocycles. The lowest BCUT2D eigenvalue weighted by molar-refractivity contribution is -0.139. The molecule has 0 saturated carbocycles. The summed E-state index contributed by atoms with van der Waals surface area (Å²) in [5, 5.41) is 0. The molecule has 24 heavy (non-hydrogen) atoms. The Morgan fingerprint density at radius 1 is 1.29 bits per heavy atom. The first-order valence-corrected chi connectivity index (χ1v) is 7.98. The van der Waals surface area contributed by atoms with Gasteiger partial charge in [-0.3, -0.25) is 4.79 Å². The number of ether oxygens (including phenoxy) is 1. The number of nitrogens with zero attached hydrogens (tertiary/aromatic N) is 2. The van der Waals surface area contributed by atoms with Crippen molar-refractivity contribution in [3.05, 3.63) is 59.5 Å². The van der Waals surface area contributed by atoms with Gasteiger partial charge in [0.15, 0.2) is 0 Å². The number of amides is 1. The van der Waals surface area contributed by atoms with Crippen LogP contribution in [0, 0.1) is 5.82 Å². The number of rotatable bonds is 4. The van der Waals surface area contributed by atoms with Gasteiger partial charge in [0.1, 0.15) is 17.7 Å². The van der Waals surface area contributed by atoms with Gasteiger partial charge >= 0.3 is 0 Å². The summed E-state index contributed by atoms with van der Waals surface area (Å²) in [4.78, 5) is 18.5. The number of aryl methyl sites for hydroxylation is 1. The molecule has 5 nitrogen and oxygen atoms in total. The van der Waals surface area contributed by atoms with Gasteiger partial charge in [-0.15, -0.1) is 0 Å². The smallest absolute Gasteiger partial charge is 0.223 e. The van der Waals surface area contributed by atoms with E-state index in [1.165, 1.54) is 12.1 Å². The maximum absolute atomic E-state index is 12.9. The van der Waals surface area contributed by atoms with Crippen molar-refractivity contribution in [2.75, 3.05) is 25.4 Å². The zero-order valence-corrected chi connectivity index (χ0v) is 13.3. The molecule has 1 aromatic heterocycles. The largest absolute Gasteiger partial charge is 0.384 e. The third-order valence-corrected chi connectivity index (χ3v) is 4.08. The highest BCUT2D eigenvalue weighted by Gasteiger charge is 2.26. The predicted octanol–water partition coefficient (Wildman–Crippen LogP) is 2.34. The Hall–Kier alpha value is -2.47. The maximum atomic E-state index is 12.9. The summed E-state index contributed by atoms with van der Waals surface area (Å²) in [6.45, 7) is 1.52. The minimum Gasteiger partial charge on any atom is -0.384 e. The highest BCUT2D eigenvalue weighted by molar-refractivity contribution is 5.76. The number of hydrogen-bond acceptors (Lipinski definition) is 4. The van der Waals surface area contributed by atoms with E-state index in [1.807, 2.05) is 12.1 Å². The molecule has 2 heterocycles. The fourth-order valence-electron chi connectivity index (χ4n) is 2.76. The van der Waals surface area contributed by atoms with Crippen molar-refractivity contribution in [1.29, 1.82) is 0 Å². The molecular formula is C18H20FN3O2. The van der Waals surface area contributed by atoms with E-state index < -0.39 is 0 Å². The van der Waals surface area contributed by atoms with Crippen molar-refractivity contribution >= 4 is 11.7 Å². The van der Waals surface area contributed by atoms with E-state index in [0.29, 0.717) is 38.4 Å². The molecule has 0 unspecified atom stereocenters. The first-order chi connectivity index (χ1) is 11.6. The lowest BCUT2D eigenvalue weighted by atomic mass is 10.1. The number of hydrogen-bond donors (Lipinski definition) is 1. The summed E-state index contributed by atoms with van der Waals surface area (Å²) in [6.07, 6.45) is 0.734. The molecule has 0 bridgehead atoms. The Morgan fingerprint density at radius 3 is 2.83 bits per heavy atom. The molecule has 126 valence electrons. The summed E-state index contributed by atoms with van der Waals surface area (Å²) < 4.78 is 18.6. The number of benzene rings is 1. The van der Waals surface area contributed by atoms with E-state index >= 15 is 0 Å². The molecule has 6 heteroatoms. The van der Waals surface area contributed by atoms with Crippen molar-refractivity contribution in [1.82, 2.24) is 9.88 Å². The second-order valence-electron chi connectivity index (χ2n) is 5.81. The van der Waals surface area contributed by atoms with Crippen LogP contribution in [0.15, 0.2) is 42.5 Å². The first kappa shape index (κ1) is 16.4. The monoisotopic (exact) mass is 329 g/mol. The average Bonchev–Trinajstić information content (AvgIpc) is 2.61. The molecule has 1 amide bonds. The topological polar surface area (TPSA) is 68.5 Å². The van der Waals surface area contributed by atoms with Crippen LogP contribution in [0.1, 0.15) is 23.8 Å². The molecule has 1 atom stereocenters. The third kappa shape index (κ3) is 4.08. The lowest BCUT2D eigenvalue weighted by Crippen LogP contribution is -2.42. The van der Waals surface area contributed by atoms with Gasteiger partial charge in [0.25, 0.3) is 0 Å². The Morgan fingerprint density at radius 2 is 2.08 bits per heavy atom. The standard InChI is InChI=1S/C18H20FN3O2/c19-14-7-4-13(5-8-14)6-9-18(23)22-10-11-24-16(12-22)15-2-1-3-17(20)21-15/h1-5,7-8,16H,6,9-12H2,(H2,20,21)/t16-/m1/s1. The van der Waals surface area contributed by atoms with E-state index in [-0.39, 0.29) is 17.8 Å². The molecule has 1 saturated heterocycles. The van der Waals surface area contributed by atoms with Gasteiger partial charge in [-0.1, -0.05) is 18.2 Å². The highest BCUT2D eigenvalue weighted by atomic mass is 19.1. The third-order valence-electron chi connectivity index (χ3n) is 4.08. The van der Waals surface area contributed by atoms with Crippen LogP contribution < -0.4 is 5.73 Å². The second-order valence-corrected chi connectivity index (χ2v) is 5.81. The van der Waals surface area contributed by atoms with E-state index in [1.54, 1.807) is 23.1 Å². The predicted molar refractivity (Wildman–Crippen MR) is 88.6 cm³/mol. The van der Waals surface area contributed by atoms with Crippen LogP contribution in [0.5, 0.6) is 0 Å². The lowest BCUT2D eigenvalue weighted by Gasteiger charge is -2.32. The van der Waals surface area contributed by atoms with Gasteiger partial charge in [-0.2, -0.15) is 0 Å². The number of aromatic nitrogens is 1. The number of pyridine rings is 1. The summed E-state index contributed by atoms with van der Waals surface area (Å²) >= 11 is 0. The molecule has 0 radical (unpaired) electrons. The molecule has 3 rings (SSSR count). The number of anilines is 1. The maximum Gasteiger partial charge on any atom is 0.223 e. The number of carbonyl (C=O) groups excluding carboxylic acids is 1. The molecule has 0 spiro atoms. The summed E-state index contributed by atoms with van der Waals surface area (Å²) in [7, 11) is 0. The summed E-state index contributed by atoms with van der Waals surface area (Å²) in [6, 6.07) is 11.6.